The largest absolute Gasteiger partial charge is 0.466 e. The summed E-state index contributed by atoms with van der Waals surface area (Å²) in [5.74, 6) is -0.747. The molecule has 2 heterocycles. The first-order valence-electron chi connectivity index (χ1n) is 7.28. The van der Waals surface area contributed by atoms with Gasteiger partial charge in [0.05, 0.1) is 11.3 Å². The number of hydrogen-bond acceptors (Lipinski definition) is 5. The predicted molar refractivity (Wildman–Crippen MR) is 91.2 cm³/mol. The molecule has 6 nitrogen and oxygen atoms in total. The van der Waals surface area contributed by atoms with Gasteiger partial charge < -0.3 is 15.4 Å². The fraction of sp³-hybridized carbons (Fsp3) is 0.235. The van der Waals surface area contributed by atoms with Crippen LogP contribution in [0.4, 0.5) is 10.7 Å². The minimum absolute atomic E-state index is 0.408. The topological polar surface area (TPSA) is 91.2 Å². The maximum Gasteiger partial charge on any atom is 0.278 e. The normalized spacial score (nSPS) is 18.8. The lowest BCUT2D eigenvalue weighted by molar-refractivity contribution is -0.143. The predicted octanol–water partition coefficient (Wildman–Crippen LogP) is 2.96. The second-order valence-electron chi connectivity index (χ2n) is 5.64. The van der Waals surface area contributed by atoms with Crippen LogP contribution in [0.3, 0.4) is 0 Å². The Balaban J connectivity index is 1.92. The van der Waals surface area contributed by atoms with E-state index in [1.807, 2.05) is 13.8 Å². The first-order chi connectivity index (χ1) is 11.4. The summed E-state index contributed by atoms with van der Waals surface area (Å²) in [6, 6.07) is 8.99. The molecule has 0 saturated carbocycles. The highest BCUT2D eigenvalue weighted by atomic mass is 32.1. The van der Waals surface area contributed by atoms with Gasteiger partial charge in [-0.1, -0.05) is 12.1 Å². The summed E-state index contributed by atoms with van der Waals surface area (Å²) in [6.45, 7) is 5.10. The van der Waals surface area contributed by atoms with Crippen molar-refractivity contribution in [1.82, 2.24) is 0 Å². The van der Waals surface area contributed by atoms with Gasteiger partial charge in [-0.25, -0.2) is 0 Å². The minimum atomic E-state index is -1.72. The Labute approximate surface area is 143 Å². The molecule has 1 aliphatic rings. The van der Waals surface area contributed by atoms with E-state index < -0.39 is 17.4 Å². The van der Waals surface area contributed by atoms with Crippen molar-refractivity contribution >= 4 is 33.8 Å². The van der Waals surface area contributed by atoms with Gasteiger partial charge in [0.2, 0.25) is 0 Å². The van der Waals surface area contributed by atoms with Crippen LogP contribution in [-0.4, -0.2) is 17.4 Å². The minimum Gasteiger partial charge on any atom is -0.466 e. The number of amides is 2. The van der Waals surface area contributed by atoms with Gasteiger partial charge in [0.15, 0.2) is 0 Å². The average molecular weight is 341 g/mol. The Bertz CT molecular complexity index is 897. The number of hydrogen-bond donors (Lipinski definition) is 2. The van der Waals surface area contributed by atoms with E-state index in [2.05, 4.69) is 16.7 Å². The van der Waals surface area contributed by atoms with Crippen LogP contribution in [0, 0.1) is 25.2 Å². The van der Waals surface area contributed by atoms with E-state index in [4.69, 9.17) is 4.74 Å². The number of fused-ring (bicyclic) bond motifs is 1. The Morgan fingerprint density at radius 3 is 2.79 bits per heavy atom. The summed E-state index contributed by atoms with van der Waals surface area (Å²) >= 11 is 1.30. The van der Waals surface area contributed by atoms with Crippen LogP contribution in [0.5, 0.6) is 5.75 Å². The second kappa shape index (κ2) is 5.65. The number of nitrogens with one attached hydrogen (secondary N) is 2. The number of nitriles is 1. The summed E-state index contributed by atoms with van der Waals surface area (Å²) in [4.78, 5) is 26.0. The number of rotatable bonds is 2. The number of para-hydroxylation sites is 2. The van der Waals surface area contributed by atoms with E-state index >= 15 is 0 Å². The van der Waals surface area contributed by atoms with Gasteiger partial charge in [-0.05, 0) is 38.5 Å². The van der Waals surface area contributed by atoms with Gasteiger partial charge in [0.25, 0.3) is 17.4 Å². The molecule has 0 radical (unpaired) electrons. The standard InChI is InChI=1S/C17H15N3O3S/c1-9-10(2)24-14(11(9)8-18)20-16(22)17(3)15(21)19-12-6-4-5-7-13(12)23-17/h4-7H,1-3H3,(H,19,21)(H,20,22)/t17-/m1/s1. The highest BCUT2D eigenvalue weighted by Crippen LogP contribution is 2.36. The molecule has 1 aliphatic heterocycles. The van der Waals surface area contributed by atoms with Crippen LogP contribution in [0.2, 0.25) is 0 Å². The van der Waals surface area contributed by atoms with Gasteiger partial charge in [-0.3, -0.25) is 9.59 Å². The van der Waals surface area contributed by atoms with Gasteiger partial charge in [0, 0.05) is 4.88 Å². The van der Waals surface area contributed by atoms with E-state index in [-0.39, 0.29) is 0 Å². The molecule has 2 amide bonds. The quantitative estimate of drug-likeness (QED) is 0.822. The number of thiophene rings is 1. The van der Waals surface area contributed by atoms with Crippen molar-refractivity contribution in [3.05, 3.63) is 40.3 Å². The van der Waals surface area contributed by atoms with E-state index in [0.717, 1.165) is 10.4 Å². The van der Waals surface area contributed by atoms with Crippen molar-refractivity contribution in [2.24, 2.45) is 0 Å². The van der Waals surface area contributed by atoms with E-state index in [1.54, 1.807) is 24.3 Å². The monoisotopic (exact) mass is 341 g/mol. The third-order valence-corrected chi connectivity index (χ3v) is 5.16. The number of anilines is 2. The van der Waals surface area contributed by atoms with Crippen LogP contribution in [-0.2, 0) is 9.59 Å². The van der Waals surface area contributed by atoms with Crippen LogP contribution >= 0.6 is 11.3 Å². The van der Waals surface area contributed by atoms with Gasteiger partial charge in [0.1, 0.15) is 16.8 Å². The van der Waals surface area contributed by atoms with Crippen molar-refractivity contribution < 1.29 is 14.3 Å². The maximum absolute atomic E-state index is 12.7. The van der Waals surface area contributed by atoms with Gasteiger partial charge >= 0.3 is 0 Å². The average Bonchev–Trinajstić information content (AvgIpc) is 2.82. The number of nitrogens with zero attached hydrogens (tertiary/aromatic N) is 1. The molecule has 1 atom stereocenters. The zero-order chi connectivity index (χ0) is 17.5. The van der Waals surface area contributed by atoms with Crippen molar-refractivity contribution in [1.29, 1.82) is 5.26 Å². The van der Waals surface area contributed by atoms with Crippen LogP contribution in [0.1, 0.15) is 22.9 Å². The Morgan fingerprint density at radius 2 is 2.08 bits per heavy atom. The zero-order valence-corrected chi connectivity index (χ0v) is 14.2. The van der Waals surface area contributed by atoms with E-state index in [1.165, 1.54) is 18.3 Å². The number of benzene rings is 1. The first-order valence-corrected chi connectivity index (χ1v) is 8.09. The molecule has 0 bridgehead atoms. The molecule has 0 aliphatic carbocycles. The molecule has 7 heteroatoms. The molecule has 0 saturated heterocycles. The summed E-state index contributed by atoms with van der Waals surface area (Å²) in [6.07, 6.45) is 0. The number of ether oxygens (including phenoxy) is 1. The van der Waals surface area contributed by atoms with Crippen LogP contribution in [0.15, 0.2) is 24.3 Å². The first kappa shape index (κ1) is 16.0. The molecule has 0 unspecified atom stereocenters. The fourth-order valence-corrected chi connectivity index (χ4v) is 3.39. The van der Waals surface area contributed by atoms with Gasteiger partial charge in [-0.15, -0.1) is 11.3 Å². The lowest BCUT2D eigenvalue weighted by atomic mass is 10.0. The Kier molecular flexibility index (Phi) is 3.78. The highest BCUT2D eigenvalue weighted by Gasteiger charge is 2.47. The lowest BCUT2D eigenvalue weighted by Crippen LogP contribution is -2.56. The SMILES string of the molecule is Cc1sc(NC(=O)[C@]2(C)Oc3ccccc3NC2=O)c(C#N)c1C. The molecular formula is C17H15N3O3S. The summed E-state index contributed by atoms with van der Waals surface area (Å²) in [5.41, 5.74) is 0.0362. The summed E-state index contributed by atoms with van der Waals surface area (Å²) in [5, 5.41) is 15.0. The number of carbonyl (C=O) groups is 2. The molecule has 3 rings (SSSR count). The zero-order valence-electron chi connectivity index (χ0n) is 13.4. The van der Waals surface area contributed by atoms with E-state index in [0.29, 0.717) is 22.0 Å². The molecule has 24 heavy (non-hydrogen) atoms. The molecule has 1 aromatic heterocycles. The van der Waals surface area contributed by atoms with Crippen LogP contribution < -0.4 is 15.4 Å². The molecule has 2 N–H and O–H groups in total. The number of aryl methyl sites for hydroxylation is 1. The van der Waals surface area contributed by atoms with Crippen molar-refractivity contribution in [2.45, 2.75) is 26.4 Å². The molecular weight excluding hydrogens is 326 g/mol. The molecule has 0 fully saturated rings. The van der Waals surface area contributed by atoms with E-state index in [9.17, 15) is 14.9 Å². The summed E-state index contributed by atoms with van der Waals surface area (Å²) in [7, 11) is 0. The van der Waals surface area contributed by atoms with Crippen molar-refractivity contribution in [3.63, 3.8) is 0 Å². The fourth-order valence-electron chi connectivity index (χ4n) is 2.39. The molecule has 122 valence electrons. The Hall–Kier alpha value is -2.85. The third kappa shape index (κ3) is 2.41. The summed E-state index contributed by atoms with van der Waals surface area (Å²) < 4.78 is 5.67. The molecule has 0 spiro atoms. The van der Waals surface area contributed by atoms with Gasteiger partial charge in [-0.2, -0.15) is 5.26 Å². The van der Waals surface area contributed by atoms with Crippen molar-refractivity contribution in [3.8, 4) is 11.8 Å². The Morgan fingerprint density at radius 1 is 1.38 bits per heavy atom. The van der Waals surface area contributed by atoms with Crippen molar-refractivity contribution in [2.75, 3.05) is 10.6 Å². The molecule has 1 aromatic carbocycles. The number of carbonyl (C=O) groups excluding carboxylic acids is 2. The highest BCUT2D eigenvalue weighted by molar-refractivity contribution is 7.16. The smallest absolute Gasteiger partial charge is 0.278 e. The maximum atomic E-state index is 12.7. The second-order valence-corrected chi connectivity index (χ2v) is 6.86. The lowest BCUT2D eigenvalue weighted by Gasteiger charge is -2.33. The third-order valence-electron chi connectivity index (χ3n) is 4.04. The van der Waals surface area contributed by atoms with Crippen LogP contribution in [0.25, 0.3) is 0 Å². The molecule has 2 aromatic rings.